The standard InChI is InChI=1S/C29H29FN4O5S/c1-39-24-9-3-8-23(26(24)30)29(36)34-17-5-16-33(18-19-34)28(35)21-11-13-22(14-12-21)32-40(37,38)25-10-2-6-20-7-4-15-31-27(20)25/h2-4,6-14,31-32H,5,15-19H2,1H3. The number of benzene rings is 3. The number of para-hydroxylation sites is 1. The van der Waals surface area contributed by atoms with Gasteiger partial charge >= 0.3 is 0 Å². The molecule has 9 nitrogen and oxygen atoms in total. The molecule has 2 aliphatic rings. The number of nitrogens with zero attached hydrogens (tertiary/aromatic N) is 2. The van der Waals surface area contributed by atoms with Crippen LogP contribution >= 0.6 is 0 Å². The minimum atomic E-state index is -3.87. The summed E-state index contributed by atoms with van der Waals surface area (Å²) >= 11 is 0. The van der Waals surface area contributed by atoms with Gasteiger partial charge in [0.25, 0.3) is 21.8 Å². The Morgan fingerprint density at radius 1 is 0.925 bits per heavy atom. The van der Waals surface area contributed by atoms with Crippen molar-refractivity contribution in [1.29, 1.82) is 0 Å². The highest BCUT2D eigenvalue weighted by atomic mass is 32.2. The van der Waals surface area contributed by atoms with E-state index < -0.39 is 21.7 Å². The molecule has 2 amide bonds. The van der Waals surface area contributed by atoms with Crippen molar-refractivity contribution in [2.45, 2.75) is 11.3 Å². The van der Waals surface area contributed by atoms with Crippen molar-refractivity contribution < 1.29 is 27.1 Å². The van der Waals surface area contributed by atoms with Gasteiger partial charge in [-0.2, -0.15) is 0 Å². The van der Waals surface area contributed by atoms with Crippen molar-refractivity contribution in [3.8, 4) is 5.75 Å². The van der Waals surface area contributed by atoms with Gasteiger partial charge in [-0.25, -0.2) is 12.8 Å². The lowest BCUT2D eigenvalue weighted by Gasteiger charge is -2.23. The molecule has 0 radical (unpaired) electrons. The number of methoxy groups -OCH3 is 1. The van der Waals surface area contributed by atoms with Crippen LogP contribution in [0.25, 0.3) is 6.08 Å². The molecule has 3 aromatic rings. The van der Waals surface area contributed by atoms with Crippen LogP contribution in [-0.2, 0) is 10.0 Å². The first-order valence-corrected chi connectivity index (χ1v) is 14.3. The van der Waals surface area contributed by atoms with Gasteiger partial charge in [-0.1, -0.05) is 30.4 Å². The van der Waals surface area contributed by atoms with Gasteiger partial charge < -0.3 is 19.9 Å². The third kappa shape index (κ3) is 5.50. The number of fused-ring (bicyclic) bond motifs is 1. The molecule has 208 valence electrons. The fourth-order valence-electron chi connectivity index (χ4n) is 4.85. The van der Waals surface area contributed by atoms with E-state index in [0.29, 0.717) is 43.0 Å². The van der Waals surface area contributed by atoms with Gasteiger partial charge in [0.2, 0.25) is 0 Å². The summed E-state index contributed by atoms with van der Waals surface area (Å²) in [6.45, 7) is 1.89. The number of rotatable bonds is 6. The van der Waals surface area contributed by atoms with E-state index in [2.05, 4.69) is 10.0 Å². The predicted molar refractivity (Wildman–Crippen MR) is 151 cm³/mol. The third-order valence-corrected chi connectivity index (χ3v) is 8.33. The van der Waals surface area contributed by atoms with Crippen LogP contribution in [-0.4, -0.2) is 69.9 Å². The molecule has 11 heteroatoms. The average Bonchev–Trinajstić information content (AvgIpc) is 3.23. The number of sulfonamides is 1. The Labute approximate surface area is 232 Å². The monoisotopic (exact) mass is 564 g/mol. The van der Waals surface area contributed by atoms with Crippen molar-refractivity contribution in [1.82, 2.24) is 9.80 Å². The molecule has 0 spiro atoms. The van der Waals surface area contributed by atoms with Crippen molar-refractivity contribution in [2.75, 3.05) is 49.9 Å². The summed E-state index contributed by atoms with van der Waals surface area (Å²) in [4.78, 5) is 29.5. The van der Waals surface area contributed by atoms with E-state index >= 15 is 0 Å². The van der Waals surface area contributed by atoms with Gasteiger partial charge in [0, 0.05) is 44.0 Å². The molecule has 1 fully saturated rings. The highest BCUT2D eigenvalue weighted by Crippen LogP contribution is 2.30. The van der Waals surface area contributed by atoms with Crippen LogP contribution in [0.5, 0.6) is 5.75 Å². The number of nitrogens with one attached hydrogen (secondary N) is 2. The highest BCUT2D eigenvalue weighted by molar-refractivity contribution is 7.92. The number of ether oxygens (including phenoxy) is 1. The molecule has 0 unspecified atom stereocenters. The molecule has 0 saturated carbocycles. The number of carbonyl (C=O) groups is 2. The van der Waals surface area contributed by atoms with Crippen LogP contribution < -0.4 is 14.8 Å². The third-order valence-electron chi connectivity index (χ3n) is 6.91. The molecule has 0 aliphatic carbocycles. The molecule has 40 heavy (non-hydrogen) atoms. The van der Waals surface area contributed by atoms with Gasteiger partial charge in [0.1, 0.15) is 4.90 Å². The second kappa shape index (κ2) is 11.4. The number of amides is 2. The van der Waals surface area contributed by atoms with E-state index in [4.69, 9.17) is 4.74 Å². The maximum absolute atomic E-state index is 14.6. The van der Waals surface area contributed by atoms with Crippen molar-refractivity contribution in [3.05, 3.63) is 89.2 Å². The first-order chi connectivity index (χ1) is 19.3. The summed E-state index contributed by atoms with van der Waals surface area (Å²) in [6, 6.07) is 15.7. The number of hydrogen-bond donors (Lipinski definition) is 2. The van der Waals surface area contributed by atoms with Crippen molar-refractivity contribution >= 4 is 39.3 Å². The summed E-state index contributed by atoms with van der Waals surface area (Å²) in [5.41, 5.74) is 1.99. The lowest BCUT2D eigenvalue weighted by molar-refractivity contribution is 0.0715. The van der Waals surface area contributed by atoms with Crippen LogP contribution in [0.4, 0.5) is 15.8 Å². The van der Waals surface area contributed by atoms with Crippen LogP contribution in [0, 0.1) is 5.82 Å². The Morgan fingerprint density at radius 3 is 2.35 bits per heavy atom. The highest BCUT2D eigenvalue weighted by Gasteiger charge is 2.26. The minimum Gasteiger partial charge on any atom is -0.494 e. The second-order valence-electron chi connectivity index (χ2n) is 9.45. The fraction of sp³-hybridized carbons (Fsp3) is 0.241. The number of anilines is 2. The minimum absolute atomic E-state index is 0.000150. The summed E-state index contributed by atoms with van der Waals surface area (Å²) in [5, 5.41) is 3.11. The zero-order valence-corrected chi connectivity index (χ0v) is 22.7. The smallest absolute Gasteiger partial charge is 0.263 e. The van der Waals surface area contributed by atoms with Crippen LogP contribution in [0.2, 0.25) is 0 Å². The Hall–Kier alpha value is -4.38. The van der Waals surface area contributed by atoms with Crippen LogP contribution in [0.3, 0.4) is 0 Å². The summed E-state index contributed by atoms with van der Waals surface area (Å²) in [6.07, 6.45) is 4.33. The number of halogens is 1. The lowest BCUT2D eigenvalue weighted by Crippen LogP contribution is -2.37. The van der Waals surface area contributed by atoms with Gasteiger partial charge in [-0.15, -0.1) is 0 Å². The lowest BCUT2D eigenvalue weighted by atomic mass is 10.1. The molecule has 1 saturated heterocycles. The normalized spacial score (nSPS) is 15.1. The average molecular weight is 565 g/mol. The molecule has 2 aliphatic heterocycles. The summed E-state index contributed by atoms with van der Waals surface area (Å²) in [7, 11) is -2.53. The molecular weight excluding hydrogens is 535 g/mol. The van der Waals surface area contributed by atoms with E-state index in [9.17, 15) is 22.4 Å². The molecule has 5 rings (SSSR count). The van der Waals surface area contributed by atoms with E-state index in [1.54, 1.807) is 47.4 Å². The topological polar surface area (TPSA) is 108 Å². The van der Waals surface area contributed by atoms with E-state index in [1.165, 1.54) is 24.1 Å². The van der Waals surface area contributed by atoms with Gasteiger partial charge in [0.15, 0.2) is 11.6 Å². The Kier molecular flexibility index (Phi) is 7.74. The first-order valence-electron chi connectivity index (χ1n) is 12.9. The zero-order chi connectivity index (χ0) is 28.3. The van der Waals surface area contributed by atoms with Crippen molar-refractivity contribution in [3.63, 3.8) is 0 Å². The quantitative estimate of drug-likeness (QED) is 0.468. The molecule has 0 aromatic heterocycles. The number of hydrogen-bond acceptors (Lipinski definition) is 6. The molecule has 0 atom stereocenters. The fourth-order valence-corrected chi connectivity index (χ4v) is 6.12. The van der Waals surface area contributed by atoms with Gasteiger partial charge in [-0.3, -0.25) is 14.3 Å². The second-order valence-corrected chi connectivity index (χ2v) is 11.1. The maximum atomic E-state index is 14.6. The Bertz CT molecular complexity index is 1570. The van der Waals surface area contributed by atoms with Crippen LogP contribution in [0.15, 0.2) is 71.6 Å². The van der Waals surface area contributed by atoms with Crippen molar-refractivity contribution in [2.24, 2.45) is 0 Å². The maximum Gasteiger partial charge on any atom is 0.263 e. The van der Waals surface area contributed by atoms with Gasteiger partial charge in [-0.05, 0) is 54.4 Å². The molecule has 2 heterocycles. The van der Waals surface area contributed by atoms with Gasteiger partial charge in [0.05, 0.1) is 18.4 Å². The first kappa shape index (κ1) is 27.2. The molecule has 2 N–H and O–H groups in total. The summed E-state index contributed by atoms with van der Waals surface area (Å²) < 4.78 is 48.4. The Morgan fingerprint density at radius 2 is 1.62 bits per heavy atom. The van der Waals surface area contributed by atoms with E-state index in [-0.39, 0.29) is 35.2 Å². The largest absolute Gasteiger partial charge is 0.494 e. The molecule has 0 bridgehead atoms. The van der Waals surface area contributed by atoms with Crippen LogP contribution in [0.1, 0.15) is 32.7 Å². The predicted octanol–water partition coefficient (Wildman–Crippen LogP) is 4.06. The van der Waals surface area contributed by atoms with E-state index in [1.807, 2.05) is 18.2 Å². The summed E-state index contributed by atoms with van der Waals surface area (Å²) in [5.74, 6) is -1.39. The molecule has 3 aromatic carbocycles. The molecular formula is C29H29FN4O5S. The number of carbonyl (C=O) groups excluding carboxylic acids is 2. The van der Waals surface area contributed by atoms with E-state index in [0.717, 1.165) is 5.56 Å². The zero-order valence-electron chi connectivity index (χ0n) is 21.9. The SMILES string of the molecule is COc1cccc(C(=O)N2CCCN(C(=O)c3ccc(NS(=O)(=O)c4cccc5c4NCC=C5)cc3)CC2)c1F. The Balaban J connectivity index is 1.24.